The molecule has 0 spiro atoms. The molecule has 21 heavy (non-hydrogen) atoms. The van der Waals surface area contributed by atoms with Crippen molar-refractivity contribution < 1.29 is 4.74 Å². The first-order chi connectivity index (χ1) is 10.1. The van der Waals surface area contributed by atoms with Crippen molar-refractivity contribution in [3.8, 4) is 5.75 Å². The third-order valence-electron chi connectivity index (χ3n) is 3.70. The van der Waals surface area contributed by atoms with E-state index in [1.807, 2.05) is 30.6 Å². The Balaban J connectivity index is 1.88. The average Bonchev–Trinajstić information content (AvgIpc) is 3.25. The third-order valence-corrected chi connectivity index (χ3v) is 3.92. The monoisotopic (exact) mass is 303 g/mol. The van der Waals surface area contributed by atoms with Gasteiger partial charge in [0.1, 0.15) is 10.7 Å². The lowest BCUT2D eigenvalue weighted by atomic mass is 10.1. The van der Waals surface area contributed by atoms with Gasteiger partial charge in [0.05, 0.1) is 19.2 Å². The fourth-order valence-electron chi connectivity index (χ4n) is 2.41. The van der Waals surface area contributed by atoms with E-state index in [-0.39, 0.29) is 5.69 Å². The molecule has 1 aromatic heterocycles. The Kier molecular flexibility index (Phi) is 3.55. The quantitative estimate of drug-likeness (QED) is 0.854. The van der Waals surface area contributed by atoms with Crippen molar-refractivity contribution in [3.05, 3.63) is 52.2 Å². The fourth-order valence-corrected chi connectivity index (χ4v) is 2.58. The molecule has 0 bridgehead atoms. The molecule has 1 heterocycles. The van der Waals surface area contributed by atoms with E-state index in [0.717, 1.165) is 18.4 Å². The number of aromatic nitrogens is 2. The molecule has 0 radical (unpaired) electrons. The van der Waals surface area contributed by atoms with Gasteiger partial charge in [-0.3, -0.25) is 9.13 Å². The number of imidazole rings is 1. The van der Waals surface area contributed by atoms with Crippen LogP contribution in [0.1, 0.15) is 30.0 Å². The number of hydrogen-bond donors (Lipinski definition) is 1. The van der Waals surface area contributed by atoms with Gasteiger partial charge in [0, 0.05) is 18.4 Å². The molecular weight excluding hydrogens is 286 g/mol. The zero-order valence-electron chi connectivity index (χ0n) is 11.8. The molecule has 1 aliphatic rings. The van der Waals surface area contributed by atoms with Gasteiger partial charge in [0.15, 0.2) is 0 Å². The highest BCUT2D eigenvalue weighted by Crippen LogP contribution is 2.33. The standard InChI is InChI=1S/C15H17N3O2S/c1-20-13-8-10(2-5-12(13)14(16)21)9-17-6-7-18(15(17)19)11-3-4-11/h2,5-8,11H,3-4,9H2,1H3,(H2,16,21). The van der Waals surface area contributed by atoms with Crippen LogP contribution in [0.3, 0.4) is 0 Å². The van der Waals surface area contributed by atoms with Crippen molar-refractivity contribution in [2.75, 3.05) is 7.11 Å². The number of thiocarbonyl (C=S) groups is 1. The van der Waals surface area contributed by atoms with E-state index in [1.54, 1.807) is 16.2 Å². The van der Waals surface area contributed by atoms with Gasteiger partial charge in [0.2, 0.25) is 0 Å². The number of nitrogens with two attached hydrogens (primary N) is 1. The zero-order chi connectivity index (χ0) is 15.0. The highest BCUT2D eigenvalue weighted by molar-refractivity contribution is 7.80. The Hall–Kier alpha value is -2.08. The third kappa shape index (κ3) is 2.71. The van der Waals surface area contributed by atoms with Crippen molar-refractivity contribution in [2.45, 2.75) is 25.4 Å². The van der Waals surface area contributed by atoms with Crippen LogP contribution >= 0.6 is 12.2 Å². The Morgan fingerprint density at radius 1 is 1.43 bits per heavy atom. The Morgan fingerprint density at radius 3 is 2.81 bits per heavy atom. The number of ether oxygens (including phenoxy) is 1. The summed E-state index contributed by atoms with van der Waals surface area (Å²) in [6.45, 7) is 0.506. The van der Waals surface area contributed by atoms with Gasteiger partial charge in [0.25, 0.3) is 0 Å². The van der Waals surface area contributed by atoms with Crippen molar-refractivity contribution in [2.24, 2.45) is 5.73 Å². The Bertz CT molecular complexity index is 744. The van der Waals surface area contributed by atoms with Crippen LogP contribution in [-0.4, -0.2) is 21.2 Å². The summed E-state index contributed by atoms with van der Waals surface area (Å²) in [6.07, 6.45) is 5.88. The molecule has 1 aliphatic carbocycles. The van der Waals surface area contributed by atoms with Gasteiger partial charge in [-0.05, 0) is 30.5 Å². The molecular formula is C15H17N3O2S. The second kappa shape index (κ2) is 5.37. The van der Waals surface area contributed by atoms with E-state index in [1.165, 1.54) is 0 Å². The van der Waals surface area contributed by atoms with Crippen LogP contribution in [-0.2, 0) is 6.54 Å². The minimum Gasteiger partial charge on any atom is -0.496 e. The number of methoxy groups -OCH3 is 1. The highest BCUT2D eigenvalue weighted by Gasteiger charge is 2.25. The summed E-state index contributed by atoms with van der Waals surface area (Å²) in [4.78, 5) is 12.5. The van der Waals surface area contributed by atoms with Crippen LogP contribution in [0.5, 0.6) is 5.75 Å². The lowest BCUT2D eigenvalue weighted by Gasteiger charge is -2.10. The molecule has 1 fully saturated rings. The maximum absolute atomic E-state index is 12.2. The molecule has 0 atom stereocenters. The van der Waals surface area contributed by atoms with Crippen LogP contribution in [0.25, 0.3) is 0 Å². The van der Waals surface area contributed by atoms with Crippen molar-refractivity contribution >= 4 is 17.2 Å². The predicted molar refractivity (Wildman–Crippen MR) is 84.9 cm³/mol. The smallest absolute Gasteiger partial charge is 0.328 e. The first-order valence-corrected chi connectivity index (χ1v) is 7.25. The normalized spacial score (nSPS) is 14.1. The maximum atomic E-state index is 12.2. The van der Waals surface area contributed by atoms with E-state index >= 15 is 0 Å². The molecule has 6 heteroatoms. The van der Waals surface area contributed by atoms with E-state index in [4.69, 9.17) is 22.7 Å². The van der Waals surface area contributed by atoms with E-state index in [0.29, 0.717) is 28.9 Å². The summed E-state index contributed by atoms with van der Waals surface area (Å²) in [5.74, 6) is 0.634. The van der Waals surface area contributed by atoms with Gasteiger partial charge in [-0.25, -0.2) is 4.79 Å². The van der Waals surface area contributed by atoms with Crippen LogP contribution in [0.15, 0.2) is 35.4 Å². The summed E-state index contributed by atoms with van der Waals surface area (Å²) >= 11 is 4.99. The van der Waals surface area contributed by atoms with Crippen LogP contribution in [0.4, 0.5) is 0 Å². The fraction of sp³-hybridized carbons (Fsp3) is 0.333. The van der Waals surface area contributed by atoms with Gasteiger partial charge in [-0.15, -0.1) is 0 Å². The molecule has 110 valence electrons. The van der Waals surface area contributed by atoms with E-state index in [9.17, 15) is 4.79 Å². The van der Waals surface area contributed by atoms with Crippen molar-refractivity contribution in [1.29, 1.82) is 0 Å². The van der Waals surface area contributed by atoms with Crippen LogP contribution in [0, 0.1) is 0 Å². The molecule has 2 aromatic rings. The lowest BCUT2D eigenvalue weighted by molar-refractivity contribution is 0.413. The lowest BCUT2D eigenvalue weighted by Crippen LogP contribution is -2.23. The largest absolute Gasteiger partial charge is 0.496 e. The molecule has 1 aromatic carbocycles. The Morgan fingerprint density at radius 2 is 2.19 bits per heavy atom. The number of rotatable bonds is 5. The van der Waals surface area contributed by atoms with Gasteiger partial charge < -0.3 is 10.5 Å². The second-order valence-electron chi connectivity index (χ2n) is 5.25. The molecule has 0 aliphatic heterocycles. The van der Waals surface area contributed by atoms with Crippen molar-refractivity contribution in [3.63, 3.8) is 0 Å². The Labute approximate surface area is 127 Å². The zero-order valence-corrected chi connectivity index (χ0v) is 12.6. The summed E-state index contributed by atoms with van der Waals surface area (Å²) < 4.78 is 8.82. The predicted octanol–water partition coefficient (Wildman–Crippen LogP) is 1.68. The minimum atomic E-state index is 0.0369. The molecule has 2 N–H and O–H groups in total. The molecule has 0 unspecified atom stereocenters. The van der Waals surface area contributed by atoms with Gasteiger partial charge >= 0.3 is 5.69 Å². The SMILES string of the molecule is COc1cc(Cn2ccn(C3CC3)c2=O)ccc1C(N)=S. The average molecular weight is 303 g/mol. The molecule has 1 saturated carbocycles. The summed E-state index contributed by atoms with van der Waals surface area (Å²) in [5, 5.41) is 0. The van der Waals surface area contributed by atoms with E-state index < -0.39 is 0 Å². The first kappa shape index (κ1) is 13.9. The van der Waals surface area contributed by atoms with E-state index in [2.05, 4.69) is 0 Å². The number of nitrogens with zero attached hydrogens (tertiary/aromatic N) is 2. The van der Waals surface area contributed by atoms with Crippen LogP contribution in [0.2, 0.25) is 0 Å². The van der Waals surface area contributed by atoms with Crippen molar-refractivity contribution in [1.82, 2.24) is 9.13 Å². The van der Waals surface area contributed by atoms with Crippen LogP contribution < -0.4 is 16.2 Å². The summed E-state index contributed by atoms with van der Waals surface area (Å²) in [5.41, 5.74) is 7.37. The molecule has 5 nitrogen and oxygen atoms in total. The molecule has 3 rings (SSSR count). The number of benzene rings is 1. The highest BCUT2D eigenvalue weighted by atomic mass is 32.1. The number of hydrogen-bond acceptors (Lipinski definition) is 3. The van der Waals surface area contributed by atoms with Gasteiger partial charge in [-0.1, -0.05) is 18.3 Å². The summed E-state index contributed by atoms with van der Waals surface area (Å²) in [7, 11) is 1.58. The van der Waals surface area contributed by atoms with Gasteiger partial charge in [-0.2, -0.15) is 0 Å². The minimum absolute atomic E-state index is 0.0369. The second-order valence-corrected chi connectivity index (χ2v) is 5.69. The molecule has 0 amide bonds. The summed E-state index contributed by atoms with van der Waals surface area (Å²) in [6, 6.07) is 6.01. The first-order valence-electron chi connectivity index (χ1n) is 6.84. The maximum Gasteiger partial charge on any atom is 0.328 e. The molecule has 0 saturated heterocycles. The topological polar surface area (TPSA) is 62.2 Å².